The molecule has 3 rings (SSSR count). The monoisotopic (exact) mass is 369 g/mol. The number of hydrogen-bond donors (Lipinski definition) is 2. The molecule has 0 fully saturated rings. The highest BCUT2D eigenvalue weighted by Gasteiger charge is 2.21. The number of carboxylic acid groups (broad SMARTS) is 1. The fraction of sp³-hybridized carbons (Fsp3) is 0.286. The van der Waals surface area contributed by atoms with Crippen LogP contribution in [0, 0.1) is 13.8 Å². The van der Waals surface area contributed by atoms with Crippen LogP contribution in [0.5, 0.6) is 17.2 Å². The van der Waals surface area contributed by atoms with Crippen LogP contribution in [-0.4, -0.2) is 37.4 Å². The lowest BCUT2D eigenvalue weighted by atomic mass is 9.99. The summed E-state index contributed by atoms with van der Waals surface area (Å²) in [6.45, 7) is 4.06. The second-order valence-corrected chi connectivity index (χ2v) is 6.39. The molecule has 0 aliphatic carbocycles. The first-order valence-corrected chi connectivity index (χ1v) is 8.54. The summed E-state index contributed by atoms with van der Waals surface area (Å²) in [5.41, 5.74) is 5.42. The van der Waals surface area contributed by atoms with E-state index in [0.29, 0.717) is 17.2 Å². The number of benzene rings is 2. The highest BCUT2D eigenvalue weighted by molar-refractivity contribution is 5.96. The number of aryl methyl sites for hydroxylation is 2. The van der Waals surface area contributed by atoms with Gasteiger partial charge in [0.05, 0.1) is 33.4 Å². The smallest absolute Gasteiger partial charge is 0.307 e. The summed E-state index contributed by atoms with van der Waals surface area (Å²) in [7, 11) is 4.65. The maximum Gasteiger partial charge on any atom is 0.307 e. The number of fused-ring (bicyclic) bond motifs is 1. The summed E-state index contributed by atoms with van der Waals surface area (Å²) in [4.78, 5) is 14.9. The molecule has 0 atom stereocenters. The predicted octanol–water partition coefficient (Wildman–Crippen LogP) is 4.10. The van der Waals surface area contributed by atoms with Crippen LogP contribution in [0.2, 0.25) is 0 Å². The molecule has 0 saturated carbocycles. The summed E-state index contributed by atoms with van der Waals surface area (Å²) in [6, 6.07) is 7.61. The average molecular weight is 369 g/mol. The minimum absolute atomic E-state index is 0.0888. The van der Waals surface area contributed by atoms with Crippen LogP contribution in [0.4, 0.5) is 0 Å². The van der Waals surface area contributed by atoms with Gasteiger partial charge in [-0.2, -0.15) is 0 Å². The molecule has 2 N–H and O–H groups in total. The Morgan fingerprint density at radius 2 is 1.67 bits per heavy atom. The molecule has 1 heterocycles. The summed E-state index contributed by atoms with van der Waals surface area (Å²) in [5.74, 6) is 0.633. The second-order valence-electron chi connectivity index (χ2n) is 6.39. The van der Waals surface area contributed by atoms with E-state index in [1.165, 1.54) is 0 Å². The molecule has 2 aromatic carbocycles. The zero-order chi connectivity index (χ0) is 19.7. The summed E-state index contributed by atoms with van der Waals surface area (Å²) < 4.78 is 16.3. The zero-order valence-electron chi connectivity index (χ0n) is 16.1. The Balaban J connectivity index is 2.33. The molecule has 142 valence electrons. The van der Waals surface area contributed by atoms with Crippen molar-refractivity contribution in [2.45, 2.75) is 20.3 Å². The van der Waals surface area contributed by atoms with E-state index in [-0.39, 0.29) is 6.42 Å². The van der Waals surface area contributed by atoms with Crippen molar-refractivity contribution in [2.24, 2.45) is 0 Å². The molecular weight excluding hydrogens is 346 g/mol. The van der Waals surface area contributed by atoms with Gasteiger partial charge in [0.1, 0.15) is 0 Å². The molecular formula is C21H23NO5. The van der Waals surface area contributed by atoms with E-state index < -0.39 is 5.97 Å². The largest absolute Gasteiger partial charge is 0.493 e. The normalized spacial score (nSPS) is 10.9. The number of hydrogen-bond acceptors (Lipinski definition) is 4. The van der Waals surface area contributed by atoms with E-state index in [1.54, 1.807) is 21.3 Å². The molecule has 0 amide bonds. The lowest BCUT2D eigenvalue weighted by Gasteiger charge is -2.14. The van der Waals surface area contributed by atoms with Gasteiger partial charge in [-0.1, -0.05) is 12.1 Å². The minimum Gasteiger partial charge on any atom is -0.493 e. The molecule has 1 aromatic heterocycles. The number of carboxylic acids is 1. The third-order valence-corrected chi connectivity index (χ3v) is 4.89. The molecule has 0 spiro atoms. The zero-order valence-corrected chi connectivity index (χ0v) is 16.1. The van der Waals surface area contributed by atoms with Crippen molar-refractivity contribution in [1.29, 1.82) is 0 Å². The summed E-state index contributed by atoms with van der Waals surface area (Å²) in [6.07, 6.45) is -0.0888. The Morgan fingerprint density at radius 3 is 2.19 bits per heavy atom. The van der Waals surface area contributed by atoms with Gasteiger partial charge in [-0.05, 0) is 42.7 Å². The van der Waals surface area contributed by atoms with Gasteiger partial charge in [-0.25, -0.2) is 0 Å². The molecule has 3 aromatic rings. The van der Waals surface area contributed by atoms with Crippen LogP contribution in [0.3, 0.4) is 0 Å². The van der Waals surface area contributed by atoms with E-state index in [9.17, 15) is 9.90 Å². The third-order valence-electron chi connectivity index (χ3n) is 4.89. The number of rotatable bonds is 6. The molecule has 0 saturated heterocycles. The van der Waals surface area contributed by atoms with Crippen LogP contribution in [0.1, 0.15) is 16.7 Å². The van der Waals surface area contributed by atoms with Gasteiger partial charge in [0.25, 0.3) is 0 Å². The van der Waals surface area contributed by atoms with Crippen molar-refractivity contribution in [1.82, 2.24) is 4.98 Å². The van der Waals surface area contributed by atoms with Crippen molar-refractivity contribution in [3.05, 3.63) is 41.0 Å². The minimum atomic E-state index is -0.886. The molecule has 0 aliphatic heterocycles. The quantitative estimate of drug-likeness (QED) is 0.684. The van der Waals surface area contributed by atoms with Gasteiger partial charge in [0.2, 0.25) is 5.75 Å². The van der Waals surface area contributed by atoms with Crippen molar-refractivity contribution < 1.29 is 24.1 Å². The van der Waals surface area contributed by atoms with Gasteiger partial charge in [-0.3, -0.25) is 4.79 Å². The van der Waals surface area contributed by atoms with E-state index in [2.05, 4.69) is 4.98 Å². The molecule has 0 unspecified atom stereocenters. The maximum absolute atomic E-state index is 11.5. The first kappa shape index (κ1) is 18.6. The molecule has 0 radical (unpaired) electrons. The SMILES string of the molecule is COc1cc(-c2[nH]c3c(C)c(C)ccc3c2CC(=O)O)cc(OC)c1OC. The number of aromatic nitrogens is 1. The Bertz CT molecular complexity index is 994. The summed E-state index contributed by atoms with van der Waals surface area (Å²) >= 11 is 0. The second kappa shape index (κ2) is 7.23. The molecule has 0 bridgehead atoms. The van der Waals surface area contributed by atoms with Crippen LogP contribution in [0.25, 0.3) is 22.2 Å². The average Bonchev–Trinajstić information content (AvgIpc) is 3.01. The summed E-state index contributed by atoms with van der Waals surface area (Å²) in [5, 5.41) is 10.3. The standard InChI is InChI=1S/C21H23NO5/c1-11-6-7-14-15(10-18(23)24)20(22-19(14)12(11)2)13-8-16(25-3)21(27-5)17(9-13)26-4/h6-9,22H,10H2,1-5H3,(H,23,24). The number of H-pyrrole nitrogens is 1. The number of aromatic amines is 1. The van der Waals surface area contributed by atoms with Crippen molar-refractivity contribution in [3.63, 3.8) is 0 Å². The van der Waals surface area contributed by atoms with Crippen LogP contribution in [-0.2, 0) is 11.2 Å². The van der Waals surface area contributed by atoms with E-state index in [4.69, 9.17) is 14.2 Å². The number of ether oxygens (including phenoxy) is 3. The first-order chi connectivity index (χ1) is 12.9. The fourth-order valence-corrected chi connectivity index (χ4v) is 3.37. The predicted molar refractivity (Wildman–Crippen MR) is 104 cm³/mol. The van der Waals surface area contributed by atoms with E-state index >= 15 is 0 Å². The Hall–Kier alpha value is -3.15. The molecule has 0 aliphatic rings. The van der Waals surface area contributed by atoms with Gasteiger partial charge in [0.15, 0.2) is 11.5 Å². The number of carbonyl (C=O) groups is 1. The van der Waals surface area contributed by atoms with Gasteiger partial charge >= 0.3 is 5.97 Å². The Labute approximate surface area is 157 Å². The fourth-order valence-electron chi connectivity index (χ4n) is 3.37. The van der Waals surface area contributed by atoms with Crippen LogP contribution < -0.4 is 14.2 Å². The third kappa shape index (κ3) is 3.18. The molecule has 6 nitrogen and oxygen atoms in total. The highest BCUT2D eigenvalue weighted by atomic mass is 16.5. The van der Waals surface area contributed by atoms with E-state index in [1.807, 2.05) is 38.1 Å². The van der Waals surface area contributed by atoms with E-state index in [0.717, 1.165) is 38.9 Å². The van der Waals surface area contributed by atoms with Gasteiger partial charge in [-0.15, -0.1) is 0 Å². The maximum atomic E-state index is 11.5. The lowest BCUT2D eigenvalue weighted by Crippen LogP contribution is -2.01. The Kier molecular flexibility index (Phi) is 4.99. The number of methoxy groups -OCH3 is 3. The number of nitrogens with one attached hydrogen (secondary N) is 1. The van der Waals surface area contributed by atoms with Gasteiger partial charge < -0.3 is 24.3 Å². The van der Waals surface area contributed by atoms with Gasteiger partial charge in [0, 0.05) is 16.5 Å². The van der Waals surface area contributed by atoms with Crippen molar-refractivity contribution in [3.8, 4) is 28.5 Å². The number of aliphatic carboxylic acids is 1. The first-order valence-electron chi connectivity index (χ1n) is 8.54. The highest BCUT2D eigenvalue weighted by Crippen LogP contribution is 2.43. The molecule has 6 heteroatoms. The molecule has 27 heavy (non-hydrogen) atoms. The van der Waals surface area contributed by atoms with Crippen molar-refractivity contribution >= 4 is 16.9 Å². The van der Waals surface area contributed by atoms with Crippen LogP contribution >= 0.6 is 0 Å². The van der Waals surface area contributed by atoms with Crippen LogP contribution in [0.15, 0.2) is 24.3 Å². The topological polar surface area (TPSA) is 80.8 Å². The van der Waals surface area contributed by atoms with Crippen molar-refractivity contribution in [2.75, 3.05) is 21.3 Å². The Morgan fingerprint density at radius 1 is 1.04 bits per heavy atom. The lowest BCUT2D eigenvalue weighted by molar-refractivity contribution is -0.136.